The molecule has 2 aromatic rings. The number of rotatable bonds is 7. The van der Waals surface area contributed by atoms with Crippen LogP contribution in [0.25, 0.3) is 0 Å². The first-order valence-corrected chi connectivity index (χ1v) is 7.70. The van der Waals surface area contributed by atoms with Crippen LogP contribution in [0.1, 0.15) is 42.4 Å². The first-order valence-electron chi connectivity index (χ1n) is 6.93. The Labute approximate surface area is 119 Å². The first-order chi connectivity index (χ1) is 9.35. The van der Waals surface area contributed by atoms with E-state index in [1.54, 1.807) is 0 Å². The molecule has 102 valence electrons. The van der Waals surface area contributed by atoms with Crippen molar-refractivity contribution in [2.75, 3.05) is 6.54 Å². The summed E-state index contributed by atoms with van der Waals surface area (Å²) in [7, 11) is 0. The van der Waals surface area contributed by atoms with Gasteiger partial charge in [0.15, 0.2) is 0 Å². The zero-order chi connectivity index (χ0) is 13.5. The van der Waals surface area contributed by atoms with E-state index in [9.17, 15) is 0 Å². The average Bonchev–Trinajstić information content (AvgIpc) is 2.93. The number of aromatic nitrogens is 2. The topological polar surface area (TPSA) is 37.8 Å². The highest BCUT2D eigenvalue weighted by molar-refractivity contribution is 7.05. The summed E-state index contributed by atoms with van der Waals surface area (Å²) >= 11 is 1.53. The van der Waals surface area contributed by atoms with Gasteiger partial charge in [0, 0.05) is 6.04 Å². The van der Waals surface area contributed by atoms with Crippen LogP contribution in [-0.2, 0) is 12.8 Å². The largest absolute Gasteiger partial charge is 0.309 e. The van der Waals surface area contributed by atoms with Crippen molar-refractivity contribution >= 4 is 11.5 Å². The van der Waals surface area contributed by atoms with Gasteiger partial charge in [-0.3, -0.25) is 0 Å². The molecule has 1 aromatic carbocycles. The Morgan fingerprint density at radius 2 is 2.00 bits per heavy atom. The van der Waals surface area contributed by atoms with Crippen molar-refractivity contribution in [2.45, 2.75) is 39.2 Å². The predicted molar refractivity (Wildman–Crippen MR) is 80.5 cm³/mol. The molecule has 0 amide bonds. The van der Waals surface area contributed by atoms with E-state index in [4.69, 9.17) is 0 Å². The molecule has 0 saturated heterocycles. The highest BCUT2D eigenvalue weighted by atomic mass is 32.1. The summed E-state index contributed by atoms with van der Waals surface area (Å²) in [6.45, 7) is 5.36. The molecule has 0 spiro atoms. The van der Waals surface area contributed by atoms with Gasteiger partial charge in [0.05, 0.1) is 10.6 Å². The lowest BCUT2D eigenvalue weighted by Crippen LogP contribution is -2.24. The van der Waals surface area contributed by atoms with Crippen LogP contribution in [0, 0.1) is 0 Å². The van der Waals surface area contributed by atoms with Gasteiger partial charge in [0.1, 0.15) is 0 Å². The number of benzene rings is 1. The molecule has 2 rings (SSSR count). The molecule has 0 radical (unpaired) electrons. The number of nitrogens with one attached hydrogen (secondary N) is 1. The number of hydrogen-bond donors (Lipinski definition) is 1. The lowest BCUT2D eigenvalue weighted by Gasteiger charge is -2.17. The highest BCUT2D eigenvalue weighted by Crippen LogP contribution is 2.24. The van der Waals surface area contributed by atoms with Gasteiger partial charge < -0.3 is 5.32 Å². The van der Waals surface area contributed by atoms with Crippen LogP contribution in [0.3, 0.4) is 0 Å². The van der Waals surface area contributed by atoms with E-state index in [0.717, 1.165) is 31.5 Å². The normalized spacial score (nSPS) is 12.5. The van der Waals surface area contributed by atoms with Crippen LogP contribution >= 0.6 is 11.5 Å². The zero-order valence-corrected chi connectivity index (χ0v) is 12.4. The van der Waals surface area contributed by atoms with Crippen molar-refractivity contribution in [1.82, 2.24) is 14.9 Å². The molecule has 1 aromatic heterocycles. The van der Waals surface area contributed by atoms with Crippen molar-refractivity contribution in [2.24, 2.45) is 0 Å². The van der Waals surface area contributed by atoms with Gasteiger partial charge in [-0.25, -0.2) is 0 Å². The molecule has 0 aliphatic carbocycles. The molecular weight excluding hydrogens is 254 g/mol. The molecule has 1 N–H and O–H groups in total. The maximum atomic E-state index is 4.23. The second-order valence-corrected chi connectivity index (χ2v) is 5.42. The minimum Gasteiger partial charge on any atom is -0.309 e. The summed E-state index contributed by atoms with van der Waals surface area (Å²) in [4.78, 5) is 1.29. The van der Waals surface area contributed by atoms with E-state index in [0.29, 0.717) is 6.04 Å². The minimum absolute atomic E-state index is 0.331. The Balaban J connectivity index is 2.16. The SMILES string of the molecule is CCCNC(Cc1ccccc1)c1snnc1CC. The van der Waals surface area contributed by atoms with Crippen molar-refractivity contribution in [1.29, 1.82) is 0 Å². The third-order valence-electron chi connectivity index (χ3n) is 3.16. The maximum Gasteiger partial charge on any atom is 0.0801 e. The molecule has 0 aliphatic rings. The average molecular weight is 275 g/mol. The van der Waals surface area contributed by atoms with Crippen LogP contribution in [-0.4, -0.2) is 16.1 Å². The number of hydrogen-bond acceptors (Lipinski definition) is 4. The van der Waals surface area contributed by atoms with Crippen molar-refractivity contribution in [3.05, 3.63) is 46.5 Å². The van der Waals surface area contributed by atoms with E-state index in [1.165, 1.54) is 22.0 Å². The summed E-state index contributed by atoms with van der Waals surface area (Å²) in [6, 6.07) is 10.9. The Morgan fingerprint density at radius 1 is 1.21 bits per heavy atom. The Morgan fingerprint density at radius 3 is 2.68 bits per heavy atom. The summed E-state index contributed by atoms with van der Waals surface area (Å²) in [5, 5.41) is 7.86. The van der Waals surface area contributed by atoms with Crippen LogP contribution < -0.4 is 5.32 Å². The molecule has 1 atom stereocenters. The van der Waals surface area contributed by atoms with Gasteiger partial charge in [0.25, 0.3) is 0 Å². The summed E-state index contributed by atoms with van der Waals surface area (Å²) < 4.78 is 4.12. The molecule has 1 unspecified atom stereocenters. The van der Waals surface area contributed by atoms with Gasteiger partial charge >= 0.3 is 0 Å². The van der Waals surface area contributed by atoms with Gasteiger partial charge in [-0.05, 0) is 42.9 Å². The molecule has 1 heterocycles. The zero-order valence-electron chi connectivity index (χ0n) is 11.6. The second-order valence-electron chi connectivity index (χ2n) is 4.63. The fourth-order valence-electron chi connectivity index (χ4n) is 2.15. The number of nitrogens with zero attached hydrogens (tertiary/aromatic N) is 2. The van der Waals surface area contributed by atoms with Crippen LogP contribution in [0.2, 0.25) is 0 Å². The van der Waals surface area contributed by atoms with Gasteiger partial charge in [-0.2, -0.15) is 0 Å². The molecule has 4 heteroatoms. The van der Waals surface area contributed by atoms with Crippen molar-refractivity contribution in [3.8, 4) is 0 Å². The van der Waals surface area contributed by atoms with E-state index in [2.05, 4.69) is 59.1 Å². The Hall–Kier alpha value is -1.26. The Bertz CT molecular complexity index is 481. The van der Waals surface area contributed by atoms with E-state index in [1.807, 2.05) is 0 Å². The smallest absolute Gasteiger partial charge is 0.0801 e. The maximum absolute atomic E-state index is 4.23. The van der Waals surface area contributed by atoms with Crippen LogP contribution in [0.15, 0.2) is 30.3 Å². The summed E-state index contributed by atoms with van der Waals surface area (Å²) in [5.74, 6) is 0. The van der Waals surface area contributed by atoms with Crippen molar-refractivity contribution < 1.29 is 0 Å². The molecule has 0 bridgehead atoms. The van der Waals surface area contributed by atoms with Crippen LogP contribution in [0.5, 0.6) is 0 Å². The van der Waals surface area contributed by atoms with E-state index in [-0.39, 0.29) is 0 Å². The Kier molecular flexibility index (Phi) is 5.48. The fraction of sp³-hybridized carbons (Fsp3) is 0.467. The minimum atomic E-state index is 0.331. The second kappa shape index (κ2) is 7.36. The van der Waals surface area contributed by atoms with Gasteiger partial charge in [0.2, 0.25) is 0 Å². The molecule has 0 aliphatic heterocycles. The van der Waals surface area contributed by atoms with E-state index >= 15 is 0 Å². The van der Waals surface area contributed by atoms with Gasteiger partial charge in [-0.1, -0.05) is 48.7 Å². The van der Waals surface area contributed by atoms with E-state index < -0.39 is 0 Å². The molecule has 0 fully saturated rings. The molecular formula is C15H21N3S. The third-order valence-corrected chi connectivity index (χ3v) is 4.04. The molecule has 3 nitrogen and oxygen atoms in total. The third kappa shape index (κ3) is 3.85. The van der Waals surface area contributed by atoms with Crippen molar-refractivity contribution in [3.63, 3.8) is 0 Å². The summed E-state index contributed by atoms with van der Waals surface area (Å²) in [5.41, 5.74) is 2.49. The highest BCUT2D eigenvalue weighted by Gasteiger charge is 2.18. The fourth-order valence-corrected chi connectivity index (χ4v) is 2.96. The lowest BCUT2D eigenvalue weighted by molar-refractivity contribution is 0.532. The quantitative estimate of drug-likeness (QED) is 0.841. The lowest BCUT2D eigenvalue weighted by atomic mass is 10.0. The predicted octanol–water partition coefficient (Wildman–Crippen LogP) is 3.38. The first kappa shape index (κ1) is 14.2. The van der Waals surface area contributed by atoms with Gasteiger partial charge in [-0.15, -0.1) is 5.10 Å². The molecule has 19 heavy (non-hydrogen) atoms. The van der Waals surface area contributed by atoms with Crippen LogP contribution in [0.4, 0.5) is 0 Å². The summed E-state index contributed by atoms with van der Waals surface area (Å²) in [6.07, 6.45) is 3.08. The number of aryl methyl sites for hydroxylation is 1. The standard InChI is InChI=1S/C15H21N3S/c1-3-10-16-14(11-12-8-6-5-7-9-12)15-13(4-2)17-18-19-15/h5-9,14,16H,3-4,10-11H2,1-2H3. The monoisotopic (exact) mass is 275 g/mol. The molecule has 0 saturated carbocycles.